The minimum Gasteiger partial charge on any atom is -0.490 e. The van der Waals surface area contributed by atoms with Crippen LogP contribution in [-0.2, 0) is 16.1 Å². The van der Waals surface area contributed by atoms with Gasteiger partial charge in [0.25, 0.3) is 0 Å². The fourth-order valence-corrected chi connectivity index (χ4v) is 4.73. The molecule has 0 bridgehead atoms. The number of allylic oxidation sites excluding steroid dienone is 1. The zero-order chi connectivity index (χ0) is 23.4. The number of fused-ring (bicyclic) bond motifs is 1. The number of benzene rings is 2. The van der Waals surface area contributed by atoms with Crippen LogP contribution in [-0.4, -0.2) is 29.3 Å². The molecule has 2 aliphatic heterocycles. The first-order chi connectivity index (χ1) is 16.0. The van der Waals surface area contributed by atoms with Gasteiger partial charge in [0, 0.05) is 16.8 Å². The number of esters is 1. The van der Waals surface area contributed by atoms with E-state index in [4.69, 9.17) is 25.8 Å². The van der Waals surface area contributed by atoms with Crippen LogP contribution in [0, 0.1) is 0 Å². The van der Waals surface area contributed by atoms with Crippen molar-refractivity contribution in [1.82, 2.24) is 4.90 Å². The molecule has 0 amide bonds. The van der Waals surface area contributed by atoms with Gasteiger partial charge < -0.3 is 19.1 Å². The van der Waals surface area contributed by atoms with Crippen molar-refractivity contribution in [2.45, 2.75) is 33.4 Å². The van der Waals surface area contributed by atoms with Gasteiger partial charge in [0.1, 0.15) is 6.61 Å². The highest BCUT2D eigenvalue weighted by Gasteiger charge is 2.37. The summed E-state index contributed by atoms with van der Waals surface area (Å²) >= 11 is 7.79. The monoisotopic (exact) mass is 484 g/mol. The van der Waals surface area contributed by atoms with Crippen LogP contribution in [0.4, 0.5) is 0 Å². The van der Waals surface area contributed by atoms with E-state index in [0.29, 0.717) is 47.6 Å². The number of hydrogen-bond acceptors (Lipinski definition) is 7. The zero-order valence-electron chi connectivity index (χ0n) is 18.7. The average Bonchev–Trinajstić information content (AvgIpc) is 3.26. The van der Waals surface area contributed by atoms with E-state index in [-0.39, 0.29) is 12.0 Å². The lowest BCUT2D eigenvalue weighted by molar-refractivity contribution is -0.139. The Kier molecular flexibility index (Phi) is 7.30. The molecule has 0 unspecified atom stereocenters. The Balaban J connectivity index is 1.69. The topological polar surface area (TPSA) is 60.4 Å². The first kappa shape index (κ1) is 23.3. The second-order valence-corrected chi connectivity index (χ2v) is 8.63. The summed E-state index contributed by atoms with van der Waals surface area (Å²) in [7, 11) is 0. The number of halogens is 1. The minimum atomic E-state index is -0.375. The third-order valence-corrected chi connectivity index (χ3v) is 6.38. The second-order valence-electron chi connectivity index (χ2n) is 7.35. The van der Waals surface area contributed by atoms with Gasteiger partial charge in [-0.05, 0) is 49.9 Å². The van der Waals surface area contributed by atoms with Crippen molar-refractivity contribution in [3.63, 3.8) is 0 Å². The molecular formula is C25H25ClN2O4S. The number of aliphatic imine (C=N–C) groups is 1. The molecule has 0 saturated heterocycles. The van der Waals surface area contributed by atoms with Crippen LogP contribution < -0.4 is 9.47 Å². The van der Waals surface area contributed by atoms with Crippen LogP contribution in [0.5, 0.6) is 11.5 Å². The van der Waals surface area contributed by atoms with Gasteiger partial charge in [0.05, 0.1) is 30.5 Å². The quantitative estimate of drug-likeness (QED) is 0.423. The van der Waals surface area contributed by atoms with E-state index in [1.807, 2.05) is 72.8 Å². The molecule has 0 fully saturated rings. The molecule has 2 aromatic rings. The standard InChI is InChI=1S/C25H25ClN2O4S/c1-4-30-21-14-17(10-11-20(21)32-15-18-8-6-7-9-19(18)26)23-22(24(29)31-5-2)16(3)27-25-28(23)12-13-33-25/h6-14,23H,4-5,15H2,1-3H3/t23-/m1/s1. The van der Waals surface area contributed by atoms with Crippen LogP contribution in [0.15, 0.2) is 70.3 Å². The third kappa shape index (κ3) is 4.89. The zero-order valence-corrected chi connectivity index (χ0v) is 20.3. The number of amidine groups is 1. The molecule has 0 aliphatic carbocycles. The Labute approximate surface area is 202 Å². The van der Waals surface area contributed by atoms with E-state index in [2.05, 4.69) is 4.99 Å². The summed E-state index contributed by atoms with van der Waals surface area (Å²) in [5.41, 5.74) is 2.93. The molecule has 0 spiro atoms. The molecule has 0 saturated carbocycles. The summed E-state index contributed by atoms with van der Waals surface area (Å²) in [6, 6.07) is 12.9. The molecule has 8 heteroatoms. The van der Waals surface area contributed by atoms with Gasteiger partial charge in [0.15, 0.2) is 16.7 Å². The first-order valence-electron chi connectivity index (χ1n) is 10.7. The lowest BCUT2D eigenvalue weighted by atomic mass is 9.94. The number of hydrogen-bond donors (Lipinski definition) is 0. The van der Waals surface area contributed by atoms with Crippen LogP contribution in [0.1, 0.15) is 37.9 Å². The third-order valence-electron chi connectivity index (χ3n) is 5.24. The number of nitrogens with zero attached hydrogens (tertiary/aromatic N) is 2. The van der Waals surface area contributed by atoms with E-state index in [9.17, 15) is 4.79 Å². The van der Waals surface area contributed by atoms with Crippen LogP contribution >= 0.6 is 23.4 Å². The van der Waals surface area contributed by atoms with Crippen LogP contribution in [0.3, 0.4) is 0 Å². The van der Waals surface area contributed by atoms with Crippen molar-refractivity contribution in [2.24, 2.45) is 4.99 Å². The summed E-state index contributed by atoms with van der Waals surface area (Å²) in [5, 5.41) is 3.43. The van der Waals surface area contributed by atoms with Crippen molar-refractivity contribution in [2.75, 3.05) is 13.2 Å². The van der Waals surface area contributed by atoms with E-state index in [1.165, 1.54) is 11.8 Å². The van der Waals surface area contributed by atoms with Crippen LogP contribution in [0.2, 0.25) is 5.02 Å². The maximum absolute atomic E-state index is 12.9. The highest BCUT2D eigenvalue weighted by Crippen LogP contribution is 2.43. The maximum Gasteiger partial charge on any atom is 0.338 e. The number of rotatable bonds is 8. The van der Waals surface area contributed by atoms with Gasteiger partial charge in [-0.2, -0.15) is 0 Å². The van der Waals surface area contributed by atoms with Crippen molar-refractivity contribution in [3.05, 3.63) is 81.5 Å². The van der Waals surface area contributed by atoms with E-state index in [1.54, 1.807) is 6.92 Å². The Morgan fingerprint density at radius 1 is 1.12 bits per heavy atom. The lowest BCUT2D eigenvalue weighted by Gasteiger charge is -2.33. The normalized spacial score (nSPS) is 17.0. The molecule has 4 rings (SSSR count). The molecule has 6 nitrogen and oxygen atoms in total. The minimum absolute atomic E-state index is 0.294. The fraction of sp³-hybridized carbons (Fsp3) is 0.280. The Morgan fingerprint density at radius 3 is 2.70 bits per heavy atom. The highest BCUT2D eigenvalue weighted by atomic mass is 35.5. The highest BCUT2D eigenvalue weighted by molar-refractivity contribution is 8.16. The van der Waals surface area contributed by atoms with Gasteiger partial charge in [-0.25, -0.2) is 9.79 Å². The van der Waals surface area contributed by atoms with Gasteiger partial charge in [-0.3, -0.25) is 0 Å². The molecular weight excluding hydrogens is 460 g/mol. The molecule has 0 radical (unpaired) electrons. The number of ether oxygens (including phenoxy) is 3. The van der Waals surface area contributed by atoms with Gasteiger partial charge in [-0.15, -0.1) is 0 Å². The summed E-state index contributed by atoms with van der Waals surface area (Å²) in [5.74, 6) is 0.836. The van der Waals surface area contributed by atoms with E-state index in [0.717, 1.165) is 16.3 Å². The van der Waals surface area contributed by atoms with Gasteiger partial charge in [0.2, 0.25) is 0 Å². The number of thioether (sulfide) groups is 1. The lowest BCUT2D eigenvalue weighted by Crippen LogP contribution is -2.34. The second kappa shape index (κ2) is 10.4. The summed E-state index contributed by atoms with van der Waals surface area (Å²) in [4.78, 5) is 19.5. The fourth-order valence-electron chi connectivity index (χ4n) is 3.75. The first-order valence-corrected chi connectivity index (χ1v) is 12.0. The van der Waals surface area contributed by atoms with Crippen molar-refractivity contribution in [1.29, 1.82) is 0 Å². The SMILES string of the molecule is CCOC(=O)C1=C(C)N=C2SC=CN2[C@@H]1c1ccc(OCc2ccccc2Cl)c(OCC)c1. The molecule has 2 aliphatic rings. The predicted octanol–water partition coefficient (Wildman–Crippen LogP) is 6.09. The van der Waals surface area contributed by atoms with Crippen molar-refractivity contribution < 1.29 is 19.0 Å². The largest absolute Gasteiger partial charge is 0.490 e. The molecule has 0 aromatic heterocycles. The van der Waals surface area contributed by atoms with Crippen molar-refractivity contribution in [3.8, 4) is 11.5 Å². The Bertz CT molecular complexity index is 1140. The van der Waals surface area contributed by atoms with Crippen LogP contribution in [0.25, 0.3) is 0 Å². The summed E-state index contributed by atoms with van der Waals surface area (Å²) in [6.45, 7) is 6.64. The Hall–Kier alpha value is -2.90. The summed E-state index contributed by atoms with van der Waals surface area (Å²) < 4.78 is 17.3. The molecule has 33 heavy (non-hydrogen) atoms. The maximum atomic E-state index is 12.9. The van der Waals surface area contributed by atoms with Crippen molar-refractivity contribution >= 4 is 34.5 Å². The van der Waals surface area contributed by atoms with Gasteiger partial charge >= 0.3 is 5.97 Å². The average molecular weight is 485 g/mol. The van der Waals surface area contributed by atoms with E-state index >= 15 is 0 Å². The predicted molar refractivity (Wildman–Crippen MR) is 131 cm³/mol. The van der Waals surface area contributed by atoms with Gasteiger partial charge in [-0.1, -0.05) is 47.6 Å². The number of carbonyl (C=O) groups excluding carboxylic acids is 1. The van der Waals surface area contributed by atoms with E-state index < -0.39 is 0 Å². The molecule has 0 N–H and O–H groups in total. The Morgan fingerprint density at radius 2 is 1.94 bits per heavy atom. The number of carbonyl (C=O) groups is 1. The molecule has 2 aromatic carbocycles. The molecule has 172 valence electrons. The molecule has 2 heterocycles. The molecule has 1 atom stereocenters. The summed E-state index contributed by atoms with van der Waals surface area (Å²) in [6.07, 6.45) is 1.93. The smallest absolute Gasteiger partial charge is 0.338 e.